The third-order valence-corrected chi connectivity index (χ3v) is 7.02. The molecule has 35 heavy (non-hydrogen) atoms. The molecular formula is C25H29BFN5O2S. The van der Waals surface area contributed by atoms with E-state index in [1.807, 2.05) is 39.8 Å². The zero-order chi connectivity index (χ0) is 25.3. The zero-order valence-corrected chi connectivity index (χ0v) is 21.7. The Kier molecular flexibility index (Phi) is 7.11. The van der Waals surface area contributed by atoms with Crippen molar-refractivity contribution in [1.82, 2.24) is 15.2 Å². The molecule has 2 aromatic heterocycles. The molecular weight excluding hydrogens is 464 g/mol. The van der Waals surface area contributed by atoms with Crippen molar-refractivity contribution < 1.29 is 13.9 Å². The van der Waals surface area contributed by atoms with Crippen molar-refractivity contribution in [2.75, 3.05) is 18.5 Å². The summed E-state index contributed by atoms with van der Waals surface area (Å²) >= 11 is 1.37. The molecule has 1 fully saturated rings. The van der Waals surface area contributed by atoms with E-state index in [9.17, 15) is 9.65 Å². The van der Waals surface area contributed by atoms with Crippen molar-refractivity contribution in [3.05, 3.63) is 41.3 Å². The van der Waals surface area contributed by atoms with Crippen molar-refractivity contribution in [2.24, 2.45) is 0 Å². The molecule has 1 unspecified atom stereocenters. The highest BCUT2D eigenvalue weighted by atomic mass is 32.1. The summed E-state index contributed by atoms with van der Waals surface area (Å²) in [7, 11) is 0. The molecule has 1 saturated heterocycles. The first-order valence-electron chi connectivity index (χ1n) is 11.6. The number of hydrogen-bond acceptors (Lipinski definition) is 8. The molecule has 3 heterocycles. The van der Waals surface area contributed by atoms with Crippen molar-refractivity contribution in [2.45, 2.75) is 58.9 Å². The fourth-order valence-electron chi connectivity index (χ4n) is 4.30. The smallest absolute Gasteiger partial charge is 0.310 e. The molecule has 0 spiro atoms. The first-order chi connectivity index (χ1) is 16.6. The molecule has 1 aliphatic heterocycles. The molecule has 0 bridgehead atoms. The van der Waals surface area contributed by atoms with Gasteiger partial charge in [-0.1, -0.05) is 11.3 Å². The minimum atomic E-state index is -0.533. The van der Waals surface area contributed by atoms with Crippen LogP contribution in [0.4, 0.5) is 10.1 Å². The molecule has 1 atom stereocenters. The Labute approximate surface area is 209 Å². The van der Waals surface area contributed by atoms with E-state index in [0.717, 1.165) is 22.6 Å². The van der Waals surface area contributed by atoms with Crippen LogP contribution < -0.4 is 10.1 Å². The quantitative estimate of drug-likeness (QED) is 0.435. The summed E-state index contributed by atoms with van der Waals surface area (Å²) in [6.45, 7) is 12.1. The summed E-state index contributed by atoms with van der Waals surface area (Å²) in [6, 6.07) is 7.33. The van der Waals surface area contributed by atoms with E-state index in [0.29, 0.717) is 28.2 Å². The summed E-state index contributed by atoms with van der Waals surface area (Å²) in [5.74, 6) is 1.87. The standard InChI is InChI=1S/C25H29BFN5O2S/c1-14(2)29-18-8-16(4)30-21(9-18)24-32-31-23(35-24)19-10-20(27)22(7-15(19)3)33-11-17-12-34-25(5,6)26(17)13-28/h7-10,14,17H,11-12H2,1-6H3,(H,29,30). The van der Waals surface area contributed by atoms with E-state index >= 15 is 0 Å². The van der Waals surface area contributed by atoms with Crippen LogP contribution in [0.25, 0.3) is 21.3 Å². The van der Waals surface area contributed by atoms with Gasteiger partial charge in [-0.25, -0.2) is 9.65 Å². The zero-order valence-electron chi connectivity index (χ0n) is 20.8. The van der Waals surface area contributed by atoms with E-state index in [4.69, 9.17) is 9.47 Å². The number of aryl methyl sites for hydroxylation is 2. The van der Waals surface area contributed by atoms with Gasteiger partial charge in [-0.2, -0.15) is 0 Å². The fourth-order valence-corrected chi connectivity index (χ4v) is 5.19. The molecule has 4 rings (SSSR count). The third-order valence-electron chi connectivity index (χ3n) is 6.04. The van der Waals surface area contributed by atoms with Gasteiger partial charge in [0.25, 0.3) is 0 Å². The van der Waals surface area contributed by atoms with Gasteiger partial charge in [0, 0.05) is 41.4 Å². The predicted molar refractivity (Wildman–Crippen MR) is 137 cm³/mol. The average Bonchev–Trinajstić information content (AvgIpc) is 3.37. The van der Waals surface area contributed by atoms with Gasteiger partial charge in [0.15, 0.2) is 16.6 Å². The number of rotatable bonds is 7. The van der Waals surface area contributed by atoms with Gasteiger partial charge < -0.3 is 14.8 Å². The maximum atomic E-state index is 15.0. The second-order valence-electron chi connectivity index (χ2n) is 9.78. The molecule has 0 radical (unpaired) electrons. The average molecular weight is 493 g/mol. The van der Waals surface area contributed by atoms with Gasteiger partial charge in [-0.15, -0.1) is 10.2 Å². The van der Waals surface area contributed by atoms with Crippen molar-refractivity contribution in [3.8, 4) is 33.0 Å². The Hall–Kier alpha value is -3.03. The minimum Gasteiger partial charge on any atom is -0.491 e. The molecule has 0 amide bonds. The molecule has 10 heteroatoms. The number of ether oxygens (including phenoxy) is 2. The Morgan fingerprint density at radius 3 is 2.71 bits per heavy atom. The van der Waals surface area contributed by atoms with E-state index in [-0.39, 0.29) is 24.9 Å². The molecule has 1 aromatic carbocycles. The van der Waals surface area contributed by atoms with Crippen molar-refractivity contribution in [3.63, 3.8) is 0 Å². The highest BCUT2D eigenvalue weighted by Gasteiger charge is 2.48. The lowest BCUT2D eigenvalue weighted by molar-refractivity contribution is 0.0636. The number of hydrogen-bond donors (Lipinski definition) is 1. The van der Waals surface area contributed by atoms with E-state index in [1.165, 1.54) is 17.4 Å². The van der Waals surface area contributed by atoms with Gasteiger partial charge in [-0.3, -0.25) is 4.98 Å². The number of nitriles is 1. The van der Waals surface area contributed by atoms with Crippen LogP contribution in [0.5, 0.6) is 5.75 Å². The van der Waals surface area contributed by atoms with Gasteiger partial charge in [-0.05, 0) is 71.4 Å². The largest absolute Gasteiger partial charge is 0.491 e. The first kappa shape index (κ1) is 25.1. The number of pyridine rings is 1. The molecule has 0 aliphatic carbocycles. The van der Waals surface area contributed by atoms with Gasteiger partial charge in [0.1, 0.15) is 10.7 Å². The Morgan fingerprint density at radius 1 is 1.26 bits per heavy atom. The van der Waals surface area contributed by atoms with Crippen LogP contribution in [0.2, 0.25) is 5.82 Å². The van der Waals surface area contributed by atoms with Crippen molar-refractivity contribution in [1.29, 1.82) is 5.26 Å². The predicted octanol–water partition coefficient (Wildman–Crippen LogP) is 5.50. The monoisotopic (exact) mass is 493 g/mol. The van der Waals surface area contributed by atoms with Crippen LogP contribution in [-0.4, -0.2) is 46.7 Å². The maximum Gasteiger partial charge on any atom is 0.310 e. The van der Waals surface area contributed by atoms with Crippen LogP contribution in [-0.2, 0) is 4.74 Å². The molecule has 1 aliphatic rings. The SMILES string of the molecule is Cc1cc(NC(C)C)cc(-c2nnc(-c3cc(F)c(OCC4COC(C)(C)B4C#N)cc3C)s2)n1. The first-order valence-corrected chi connectivity index (χ1v) is 12.4. The van der Waals surface area contributed by atoms with Crippen molar-refractivity contribution >= 4 is 23.7 Å². The lowest BCUT2D eigenvalue weighted by atomic mass is 9.35. The topological polar surface area (TPSA) is 93.0 Å². The lowest BCUT2D eigenvalue weighted by Gasteiger charge is -2.19. The second-order valence-corrected chi connectivity index (χ2v) is 10.8. The molecule has 1 N–H and O–H groups in total. The summed E-state index contributed by atoms with van der Waals surface area (Å²) in [4.78, 5) is 4.60. The number of aromatic nitrogens is 3. The third kappa shape index (κ3) is 5.47. The summed E-state index contributed by atoms with van der Waals surface area (Å²) in [5.41, 5.74) is 3.52. The van der Waals surface area contributed by atoms with E-state index in [1.54, 1.807) is 6.07 Å². The number of anilines is 1. The summed E-state index contributed by atoms with van der Waals surface area (Å²) in [5, 5.41) is 22.8. The Bertz CT molecular complexity index is 1270. The second kappa shape index (κ2) is 9.92. The van der Waals surface area contributed by atoms with Crippen LogP contribution in [0.3, 0.4) is 0 Å². The van der Waals surface area contributed by atoms with Gasteiger partial charge >= 0.3 is 6.71 Å². The highest BCUT2D eigenvalue weighted by Crippen LogP contribution is 2.36. The number of nitrogens with zero attached hydrogens (tertiary/aromatic N) is 4. The number of halogens is 1. The lowest BCUT2D eigenvalue weighted by Crippen LogP contribution is -2.38. The van der Waals surface area contributed by atoms with Crippen LogP contribution >= 0.6 is 11.3 Å². The minimum absolute atomic E-state index is 0.114. The highest BCUT2D eigenvalue weighted by molar-refractivity contribution is 7.17. The van der Waals surface area contributed by atoms with E-state index in [2.05, 4.69) is 40.3 Å². The van der Waals surface area contributed by atoms with Crippen LogP contribution in [0.1, 0.15) is 39.0 Å². The normalized spacial score (nSPS) is 17.0. The molecule has 0 saturated carbocycles. The van der Waals surface area contributed by atoms with Gasteiger partial charge in [0.05, 0.1) is 12.1 Å². The fraction of sp³-hybridized carbons (Fsp3) is 0.440. The number of benzene rings is 1. The van der Waals surface area contributed by atoms with Crippen LogP contribution in [0, 0.1) is 30.9 Å². The molecule has 3 aromatic rings. The molecule has 182 valence electrons. The maximum absolute atomic E-state index is 15.0. The summed E-state index contributed by atoms with van der Waals surface area (Å²) in [6.07, 6.45) is 0. The van der Waals surface area contributed by atoms with Gasteiger partial charge in [0.2, 0.25) is 0 Å². The summed E-state index contributed by atoms with van der Waals surface area (Å²) < 4.78 is 26.5. The number of nitrogens with one attached hydrogen (secondary N) is 1. The van der Waals surface area contributed by atoms with E-state index < -0.39 is 11.3 Å². The molecule has 7 nitrogen and oxygen atoms in total. The Morgan fingerprint density at radius 2 is 2.00 bits per heavy atom. The Balaban J connectivity index is 1.53. The van der Waals surface area contributed by atoms with Crippen LogP contribution in [0.15, 0.2) is 24.3 Å².